The Hall–Kier alpha value is -4.36. The third kappa shape index (κ3) is 4.70. The molecule has 3 heterocycles. The molecule has 0 saturated heterocycles. The summed E-state index contributed by atoms with van der Waals surface area (Å²) in [6.45, 7) is 3.39. The highest BCUT2D eigenvalue weighted by Gasteiger charge is 2.47. The van der Waals surface area contributed by atoms with Gasteiger partial charge in [0.2, 0.25) is 5.78 Å². The smallest absolute Gasteiger partial charge is 0.350 e. The van der Waals surface area contributed by atoms with Crippen molar-refractivity contribution in [2.24, 2.45) is 0 Å². The van der Waals surface area contributed by atoms with Crippen LogP contribution in [0.15, 0.2) is 56.6 Å². The van der Waals surface area contributed by atoms with Crippen LogP contribution in [0, 0.1) is 6.92 Å². The number of ether oxygens (including phenoxy) is 3. The maximum Gasteiger partial charge on any atom is 0.350 e. The van der Waals surface area contributed by atoms with Gasteiger partial charge in [-0.3, -0.25) is 14.5 Å². The van der Waals surface area contributed by atoms with Crippen LogP contribution < -0.4 is 14.4 Å². The van der Waals surface area contributed by atoms with E-state index in [0.717, 1.165) is 16.2 Å². The number of esters is 1. The second kappa shape index (κ2) is 10.9. The fourth-order valence-electron chi connectivity index (χ4n) is 4.57. The zero-order valence-electron chi connectivity index (χ0n) is 22.2. The SMILES string of the molecule is CCOC(=O)c1sc(N2C(=O)C(O)=C(C(=O)c3cc4cccc(OC)c4o3)C2c2cc(Br)c(O)c(OC)c2)nc1C. The molecule has 212 valence electrons. The average molecular weight is 643 g/mol. The lowest BCUT2D eigenvalue weighted by atomic mass is 9.95. The number of thiazole rings is 1. The lowest BCUT2D eigenvalue weighted by molar-refractivity contribution is -0.117. The van der Waals surface area contributed by atoms with Crippen LogP contribution in [-0.2, 0) is 9.53 Å². The van der Waals surface area contributed by atoms with Gasteiger partial charge in [-0.25, -0.2) is 9.78 Å². The van der Waals surface area contributed by atoms with Crippen LogP contribution in [0.25, 0.3) is 11.0 Å². The predicted molar refractivity (Wildman–Crippen MR) is 152 cm³/mol. The van der Waals surface area contributed by atoms with Crippen LogP contribution in [-0.4, -0.2) is 53.7 Å². The summed E-state index contributed by atoms with van der Waals surface area (Å²) in [5.74, 6) is -3.00. The molecule has 1 unspecified atom stereocenters. The van der Waals surface area contributed by atoms with Crippen LogP contribution in [0.4, 0.5) is 5.13 Å². The van der Waals surface area contributed by atoms with E-state index in [0.29, 0.717) is 28.0 Å². The van der Waals surface area contributed by atoms with Gasteiger partial charge in [-0.05, 0) is 59.6 Å². The number of methoxy groups -OCH3 is 2. The van der Waals surface area contributed by atoms with Gasteiger partial charge in [-0.1, -0.05) is 23.5 Å². The number of Topliss-reactive ketones (excluding diaryl/α,β-unsaturated/α-hetero) is 1. The summed E-state index contributed by atoms with van der Waals surface area (Å²) in [7, 11) is 2.81. The second-order valence-electron chi connectivity index (χ2n) is 8.84. The van der Waals surface area contributed by atoms with Gasteiger partial charge in [0.05, 0.1) is 42.6 Å². The van der Waals surface area contributed by atoms with E-state index in [-0.39, 0.29) is 43.9 Å². The minimum atomic E-state index is -1.24. The molecule has 2 aromatic heterocycles. The molecule has 0 radical (unpaired) electrons. The molecule has 2 aromatic carbocycles. The van der Waals surface area contributed by atoms with Crippen molar-refractivity contribution in [1.82, 2.24) is 4.98 Å². The number of para-hydroxylation sites is 1. The Morgan fingerprint density at radius 1 is 1.15 bits per heavy atom. The lowest BCUT2D eigenvalue weighted by Crippen LogP contribution is -2.31. The molecule has 5 rings (SSSR count). The molecule has 0 bridgehead atoms. The number of phenols is 1. The highest BCUT2D eigenvalue weighted by atomic mass is 79.9. The quantitative estimate of drug-likeness (QED) is 0.182. The van der Waals surface area contributed by atoms with Crippen molar-refractivity contribution in [2.75, 3.05) is 25.7 Å². The van der Waals surface area contributed by atoms with Crippen LogP contribution in [0.1, 0.15) is 44.4 Å². The van der Waals surface area contributed by atoms with Crippen molar-refractivity contribution < 1.29 is 43.2 Å². The largest absolute Gasteiger partial charge is 0.503 e. The summed E-state index contributed by atoms with van der Waals surface area (Å²) in [6, 6.07) is 8.31. The number of fused-ring (bicyclic) bond motifs is 1. The van der Waals surface area contributed by atoms with Crippen molar-refractivity contribution in [3.63, 3.8) is 0 Å². The normalized spacial score (nSPS) is 15.1. The maximum atomic E-state index is 14.0. The van der Waals surface area contributed by atoms with E-state index in [4.69, 9.17) is 18.6 Å². The predicted octanol–water partition coefficient (Wildman–Crippen LogP) is 5.64. The Balaban J connectivity index is 1.69. The number of aliphatic hydroxyl groups excluding tert-OH is 1. The van der Waals surface area contributed by atoms with E-state index in [9.17, 15) is 24.6 Å². The number of hydrogen-bond donors (Lipinski definition) is 2. The first-order valence-electron chi connectivity index (χ1n) is 12.2. The Labute approximate surface area is 245 Å². The number of rotatable bonds is 8. The average Bonchev–Trinajstić information content (AvgIpc) is 3.63. The zero-order valence-corrected chi connectivity index (χ0v) is 24.6. The van der Waals surface area contributed by atoms with E-state index in [1.165, 1.54) is 32.4 Å². The Morgan fingerprint density at radius 2 is 1.88 bits per heavy atom. The topological polar surface area (TPSA) is 149 Å². The van der Waals surface area contributed by atoms with Gasteiger partial charge in [0.15, 0.2) is 39.5 Å². The number of aryl methyl sites for hydroxylation is 1. The van der Waals surface area contributed by atoms with Gasteiger partial charge in [0, 0.05) is 5.39 Å². The van der Waals surface area contributed by atoms with E-state index < -0.39 is 29.5 Å². The van der Waals surface area contributed by atoms with Crippen molar-refractivity contribution in [1.29, 1.82) is 0 Å². The number of hydrogen-bond acceptors (Lipinski definition) is 11. The molecule has 1 atom stereocenters. The number of aromatic nitrogens is 1. The van der Waals surface area contributed by atoms with Gasteiger partial charge in [0.1, 0.15) is 4.88 Å². The summed E-state index contributed by atoms with van der Waals surface area (Å²) in [6.07, 6.45) is 0. The van der Waals surface area contributed by atoms with E-state index in [1.807, 2.05) is 0 Å². The minimum Gasteiger partial charge on any atom is -0.503 e. The number of halogens is 1. The molecule has 2 N–H and O–H groups in total. The molecule has 41 heavy (non-hydrogen) atoms. The molecular formula is C28H23BrN2O9S. The number of nitrogens with zero attached hydrogens (tertiary/aromatic N) is 2. The molecule has 4 aromatic rings. The Bertz CT molecular complexity index is 1760. The summed E-state index contributed by atoms with van der Waals surface area (Å²) >= 11 is 4.16. The Kier molecular flexibility index (Phi) is 7.49. The number of carbonyl (C=O) groups excluding carboxylic acids is 3. The third-order valence-electron chi connectivity index (χ3n) is 6.44. The molecule has 0 spiro atoms. The van der Waals surface area contributed by atoms with E-state index in [1.54, 1.807) is 32.0 Å². The number of aliphatic hydroxyl groups is 1. The number of ketones is 1. The van der Waals surface area contributed by atoms with Crippen molar-refractivity contribution in [3.05, 3.63) is 74.1 Å². The fourth-order valence-corrected chi connectivity index (χ4v) is 6.02. The number of anilines is 1. The molecule has 1 aliphatic rings. The molecular weight excluding hydrogens is 620 g/mol. The summed E-state index contributed by atoms with van der Waals surface area (Å²) in [5, 5.41) is 22.2. The van der Waals surface area contributed by atoms with Gasteiger partial charge in [-0.15, -0.1) is 0 Å². The van der Waals surface area contributed by atoms with E-state index in [2.05, 4.69) is 20.9 Å². The second-order valence-corrected chi connectivity index (χ2v) is 10.7. The third-order valence-corrected chi connectivity index (χ3v) is 8.18. The molecule has 1 aliphatic heterocycles. The first-order chi connectivity index (χ1) is 19.6. The van der Waals surface area contributed by atoms with Gasteiger partial charge >= 0.3 is 5.97 Å². The number of aromatic hydroxyl groups is 1. The van der Waals surface area contributed by atoms with Gasteiger partial charge in [0.25, 0.3) is 5.91 Å². The van der Waals surface area contributed by atoms with Crippen LogP contribution in [0.2, 0.25) is 0 Å². The highest BCUT2D eigenvalue weighted by Crippen LogP contribution is 2.47. The number of amides is 1. The number of benzene rings is 2. The van der Waals surface area contributed by atoms with Crippen LogP contribution >= 0.6 is 27.3 Å². The van der Waals surface area contributed by atoms with Gasteiger partial charge < -0.3 is 28.8 Å². The summed E-state index contributed by atoms with van der Waals surface area (Å²) in [4.78, 5) is 45.8. The molecule has 13 heteroatoms. The van der Waals surface area contributed by atoms with Crippen LogP contribution in [0.3, 0.4) is 0 Å². The standard InChI is InChI=1S/C28H23BrN2O9S/c1-5-39-27(36)25-12(2)30-28(41-25)31-20(14-9-15(29)21(32)17(11-14)38-4)19(23(34)26(31)35)22(33)18-10-13-7-6-8-16(37-3)24(13)40-18/h6-11,20,32,34H,5H2,1-4H3. The molecule has 11 nitrogen and oxygen atoms in total. The zero-order chi connectivity index (χ0) is 29.6. The highest BCUT2D eigenvalue weighted by molar-refractivity contribution is 9.10. The monoisotopic (exact) mass is 642 g/mol. The fraction of sp³-hybridized carbons (Fsp3) is 0.214. The Morgan fingerprint density at radius 3 is 2.56 bits per heavy atom. The van der Waals surface area contributed by atoms with Crippen molar-refractivity contribution in [2.45, 2.75) is 19.9 Å². The molecule has 0 fully saturated rings. The molecule has 0 aliphatic carbocycles. The summed E-state index contributed by atoms with van der Waals surface area (Å²) < 4.78 is 21.8. The number of furan rings is 1. The maximum absolute atomic E-state index is 14.0. The van der Waals surface area contributed by atoms with Crippen molar-refractivity contribution >= 4 is 61.0 Å². The van der Waals surface area contributed by atoms with Gasteiger partial charge in [-0.2, -0.15) is 0 Å². The first kappa shape index (κ1) is 28.2. The van der Waals surface area contributed by atoms with Crippen LogP contribution in [0.5, 0.6) is 17.2 Å². The molecule has 1 amide bonds. The lowest BCUT2D eigenvalue weighted by Gasteiger charge is -2.25. The summed E-state index contributed by atoms with van der Waals surface area (Å²) in [5.41, 5.74) is 0.632. The first-order valence-corrected chi connectivity index (χ1v) is 13.8. The number of phenolic OH excluding ortho intramolecular Hbond substituents is 1. The molecule has 0 saturated carbocycles. The van der Waals surface area contributed by atoms with E-state index >= 15 is 0 Å². The number of carbonyl (C=O) groups is 3. The van der Waals surface area contributed by atoms with Crippen molar-refractivity contribution in [3.8, 4) is 17.2 Å². The minimum absolute atomic E-state index is 0.0457.